The molecule has 0 saturated carbocycles. The number of rotatable bonds is 3. The van der Waals surface area contributed by atoms with Crippen molar-refractivity contribution in [1.82, 2.24) is 0 Å². The second kappa shape index (κ2) is 4.28. The maximum absolute atomic E-state index is 13.2. The smallest absolute Gasteiger partial charge is 0.179 e. The summed E-state index contributed by atoms with van der Waals surface area (Å²) in [6, 6.07) is 2.29. The third kappa shape index (κ3) is 1.96. The highest BCUT2D eigenvalue weighted by Gasteiger charge is 2.13. The molecule has 14 heavy (non-hydrogen) atoms. The topological polar surface area (TPSA) is 52.3 Å². The lowest BCUT2D eigenvalue weighted by Gasteiger charge is -2.06. The Morgan fingerprint density at radius 1 is 1.64 bits per heavy atom. The summed E-state index contributed by atoms with van der Waals surface area (Å²) < 4.78 is 17.8. The molecule has 0 heterocycles. The molecule has 0 unspecified atom stereocenters. The number of alkyl halides is 1. The highest BCUT2D eigenvalue weighted by molar-refractivity contribution is 6.31. The number of methoxy groups -OCH3 is 1. The van der Waals surface area contributed by atoms with Crippen LogP contribution in [-0.2, 0) is 0 Å². The Morgan fingerprint density at radius 2 is 2.29 bits per heavy atom. The van der Waals surface area contributed by atoms with Crippen LogP contribution in [0.2, 0.25) is 0 Å². The van der Waals surface area contributed by atoms with Crippen molar-refractivity contribution >= 4 is 23.1 Å². The average Bonchev–Trinajstić information content (AvgIpc) is 2.19. The van der Waals surface area contributed by atoms with Crippen molar-refractivity contribution in [3.63, 3.8) is 0 Å². The molecular weight excluding hydrogens is 209 g/mol. The van der Waals surface area contributed by atoms with Crippen molar-refractivity contribution in [2.24, 2.45) is 0 Å². The average molecular weight is 218 g/mol. The van der Waals surface area contributed by atoms with Crippen molar-refractivity contribution in [1.29, 1.82) is 0 Å². The predicted octanol–water partition coefficient (Wildman–Crippen LogP) is 1.84. The normalized spacial score (nSPS) is 9.93. The van der Waals surface area contributed by atoms with Gasteiger partial charge in [0.1, 0.15) is 0 Å². The van der Waals surface area contributed by atoms with Crippen LogP contribution in [0, 0.1) is 5.82 Å². The lowest BCUT2D eigenvalue weighted by Crippen LogP contribution is -2.06. The van der Waals surface area contributed by atoms with E-state index in [9.17, 15) is 9.18 Å². The van der Waals surface area contributed by atoms with E-state index >= 15 is 0 Å². The summed E-state index contributed by atoms with van der Waals surface area (Å²) in [5.41, 5.74) is 5.76. The molecule has 0 spiro atoms. The highest BCUT2D eigenvalue weighted by Crippen LogP contribution is 2.24. The monoisotopic (exact) mass is 217 g/mol. The fourth-order valence-electron chi connectivity index (χ4n) is 1.04. The number of carbonyl (C=O) groups is 1. The minimum Gasteiger partial charge on any atom is -0.494 e. The Hall–Kier alpha value is -1.29. The van der Waals surface area contributed by atoms with E-state index in [0.717, 1.165) is 6.07 Å². The van der Waals surface area contributed by atoms with E-state index in [1.807, 2.05) is 0 Å². The minimum atomic E-state index is -0.629. The van der Waals surface area contributed by atoms with Gasteiger partial charge in [-0.2, -0.15) is 0 Å². The Balaban J connectivity index is 3.21. The fraction of sp³-hybridized carbons (Fsp3) is 0.222. The molecule has 0 amide bonds. The molecule has 76 valence electrons. The Morgan fingerprint density at radius 3 is 2.79 bits per heavy atom. The summed E-state index contributed by atoms with van der Waals surface area (Å²) in [4.78, 5) is 11.2. The number of halogens is 2. The van der Waals surface area contributed by atoms with Crippen molar-refractivity contribution < 1.29 is 13.9 Å². The molecule has 1 aromatic rings. The molecule has 5 heteroatoms. The van der Waals surface area contributed by atoms with Gasteiger partial charge >= 0.3 is 0 Å². The zero-order valence-electron chi connectivity index (χ0n) is 7.51. The zero-order valence-corrected chi connectivity index (χ0v) is 8.27. The number of ether oxygens (including phenoxy) is 1. The van der Waals surface area contributed by atoms with Gasteiger partial charge in [-0.25, -0.2) is 4.39 Å². The maximum atomic E-state index is 13.2. The summed E-state index contributed by atoms with van der Waals surface area (Å²) in [7, 11) is 1.32. The second-order valence-corrected chi connectivity index (χ2v) is 2.90. The van der Waals surface area contributed by atoms with Crippen molar-refractivity contribution in [2.75, 3.05) is 18.7 Å². The van der Waals surface area contributed by atoms with Gasteiger partial charge in [-0.05, 0) is 6.07 Å². The van der Waals surface area contributed by atoms with E-state index in [0.29, 0.717) is 0 Å². The van der Waals surface area contributed by atoms with Gasteiger partial charge in [0, 0.05) is 17.3 Å². The number of benzene rings is 1. The zero-order chi connectivity index (χ0) is 10.7. The standard InChI is InChI=1S/C9H9ClFNO2/c1-14-9-3-7(12)5(2-6(9)11)8(13)4-10/h2-3H,4,12H2,1H3. The molecule has 0 radical (unpaired) electrons. The number of carbonyl (C=O) groups excluding carboxylic acids is 1. The van der Waals surface area contributed by atoms with Crippen molar-refractivity contribution in [2.45, 2.75) is 0 Å². The van der Waals surface area contributed by atoms with Crippen LogP contribution in [0.1, 0.15) is 10.4 Å². The molecule has 0 aromatic heterocycles. The van der Waals surface area contributed by atoms with E-state index in [-0.39, 0.29) is 22.9 Å². The first-order valence-corrected chi connectivity index (χ1v) is 4.35. The van der Waals surface area contributed by atoms with Crippen LogP contribution in [0.5, 0.6) is 5.75 Å². The first-order chi connectivity index (χ1) is 6.60. The van der Waals surface area contributed by atoms with Gasteiger partial charge in [-0.1, -0.05) is 0 Å². The summed E-state index contributed by atoms with van der Waals surface area (Å²) >= 11 is 5.33. The van der Waals surface area contributed by atoms with Gasteiger partial charge in [0.05, 0.1) is 13.0 Å². The summed E-state index contributed by atoms with van der Waals surface area (Å²) in [6.07, 6.45) is 0. The Kier molecular flexibility index (Phi) is 3.30. The highest BCUT2D eigenvalue weighted by atomic mass is 35.5. The van der Waals surface area contributed by atoms with Gasteiger partial charge in [-0.3, -0.25) is 4.79 Å². The Bertz CT molecular complexity index is 368. The molecule has 0 fully saturated rings. The van der Waals surface area contributed by atoms with Crippen LogP contribution in [0.25, 0.3) is 0 Å². The van der Waals surface area contributed by atoms with Crippen molar-refractivity contribution in [3.8, 4) is 5.75 Å². The van der Waals surface area contributed by atoms with E-state index in [4.69, 9.17) is 22.1 Å². The fourth-order valence-corrected chi connectivity index (χ4v) is 1.18. The quantitative estimate of drug-likeness (QED) is 0.478. The van der Waals surface area contributed by atoms with Crippen molar-refractivity contribution in [3.05, 3.63) is 23.5 Å². The molecule has 0 aliphatic heterocycles. The van der Waals surface area contributed by atoms with E-state index in [2.05, 4.69) is 0 Å². The molecule has 0 bridgehead atoms. The van der Waals surface area contributed by atoms with Crippen LogP contribution in [0.15, 0.2) is 12.1 Å². The maximum Gasteiger partial charge on any atom is 0.179 e. The number of nitrogens with two attached hydrogens (primary N) is 1. The lowest BCUT2D eigenvalue weighted by molar-refractivity contribution is 0.102. The third-order valence-electron chi connectivity index (χ3n) is 1.75. The van der Waals surface area contributed by atoms with E-state index in [1.165, 1.54) is 13.2 Å². The predicted molar refractivity (Wildman–Crippen MR) is 52.4 cm³/mol. The largest absolute Gasteiger partial charge is 0.494 e. The van der Waals surface area contributed by atoms with Gasteiger partial charge in [0.2, 0.25) is 0 Å². The van der Waals surface area contributed by atoms with Gasteiger partial charge in [-0.15, -0.1) is 11.6 Å². The number of anilines is 1. The molecule has 1 aromatic carbocycles. The SMILES string of the molecule is COc1cc(N)c(C(=O)CCl)cc1F. The molecular formula is C9H9ClFNO2. The number of ketones is 1. The van der Waals surface area contributed by atoms with Crippen LogP contribution in [-0.4, -0.2) is 18.8 Å². The molecule has 0 aliphatic carbocycles. The molecule has 2 N–H and O–H groups in total. The summed E-state index contributed by atoms with van der Waals surface area (Å²) in [6.45, 7) is 0. The first kappa shape index (κ1) is 10.8. The van der Waals surface area contributed by atoms with Gasteiger partial charge in [0.25, 0.3) is 0 Å². The summed E-state index contributed by atoms with van der Waals surface area (Å²) in [5, 5.41) is 0. The Labute approximate surface area is 85.6 Å². The third-order valence-corrected chi connectivity index (χ3v) is 1.99. The molecule has 0 atom stereocenters. The van der Waals surface area contributed by atoms with Gasteiger partial charge in [0.15, 0.2) is 17.3 Å². The van der Waals surface area contributed by atoms with Crippen LogP contribution in [0.4, 0.5) is 10.1 Å². The van der Waals surface area contributed by atoms with Crippen LogP contribution >= 0.6 is 11.6 Å². The number of hydrogen-bond acceptors (Lipinski definition) is 3. The second-order valence-electron chi connectivity index (χ2n) is 2.63. The molecule has 0 aliphatic rings. The van der Waals surface area contributed by atoms with E-state index < -0.39 is 11.6 Å². The van der Waals surface area contributed by atoms with E-state index in [1.54, 1.807) is 0 Å². The molecule has 1 rings (SSSR count). The van der Waals surface area contributed by atoms with Crippen LogP contribution in [0.3, 0.4) is 0 Å². The number of nitrogen functional groups attached to an aromatic ring is 1. The molecule has 3 nitrogen and oxygen atoms in total. The summed E-state index contributed by atoms with van der Waals surface area (Å²) in [5.74, 6) is -1.26. The van der Waals surface area contributed by atoms with Crippen LogP contribution < -0.4 is 10.5 Å². The number of Topliss-reactive ketones (excluding diaryl/α,β-unsaturated/α-hetero) is 1. The number of hydrogen-bond donors (Lipinski definition) is 1. The van der Waals surface area contributed by atoms with Gasteiger partial charge < -0.3 is 10.5 Å². The molecule has 0 saturated heterocycles. The first-order valence-electron chi connectivity index (χ1n) is 3.82. The lowest BCUT2D eigenvalue weighted by atomic mass is 10.1. The minimum absolute atomic E-state index is 0.00798.